The van der Waals surface area contributed by atoms with Crippen LogP contribution in [0.1, 0.15) is 48.9 Å². The molecule has 0 spiro atoms. The van der Waals surface area contributed by atoms with Gasteiger partial charge in [-0.3, -0.25) is 9.69 Å². The number of hydrogen-bond donors (Lipinski definition) is 2. The van der Waals surface area contributed by atoms with E-state index in [1.165, 1.54) is 42.4 Å². The van der Waals surface area contributed by atoms with Crippen molar-refractivity contribution < 1.29 is 9.90 Å². The molecule has 1 aliphatic heterocycles. The third kappa shape index (κ3) is 4.12. The molecule has 1 aromatic carbocycles. The van der Waals surface area contributed by atoms with Crippen LogP contribution in [0, 0.1) is 5.92 Å². The van der Waals surface area contributed by atoms with E-state index in [0.717, 1.165) is 19.5 Å². The lowest BCUT2D eigenvalue weighted by molar-refractivity contribution is -0.122. The summed E-state index contributed by atoms with van der Waals surface area (Å²) in [6.07, 6.45) is 5.92. The largest absolute Gasteiger partial charge is 0.396 e. The second-order valence-corrected chi connectivity index (χ2v) is 7.10. The second-order valence-electron chi connectivity index (χ2n) is 7.10. The lowest BCUT2D eigenvalue weighted by atomic mass is 9.89. The van der Waals surface area contributed by atoms with E-state index in [1.807, 2.05) is 0 Å². The van der Waals surface area contributed by atoms with E-state index >= 15 is 0 Å². The summed E-state index contributed by atoms with van der Waals surface area (Å²) in [7, 11) is 0. The predicted molar refractivity (Wildman–Crippen MR) is 91.3 cm³/mol. The summed E-state index contributed by atoms with van der Waals surface area (Å²) in [5, 5.41) is 12.3. The lowest BCUT2D eigenvalue weighted by Crippen LogP contribution is -2.37. The molecule has 2 atom stereocenters. The van der Waals surface area contributed by atoms with Crippen molar-refractivity contribution in [3.05, 3.63) is 34.9 Å². The maximum absolute atomic E-state index is 12.3. The third-order valence-electron chi connectivity index (χ3n) is 5.25. The van der Waals surface area contributed by atoms with Crippen molar-refractivity contribution >= 4 is 5.91 Å². The zero-order valence-corrected chi connectivity index (χ0v) is 14.1. The second kappa shape index (κ2) is 7.45. The standard InChI is InChI=1S/C19H28N2O2/c1-14(17-7-6-16-4-2-3-5-18(16)10-17)20-19(23)12-21-9-8-15(11-21)13-22/h6-7,10,14-15,22H,2-5,8-9,11-13H2,1H3,(H,20,23). The molecule has 1 aliphatic carbocycles. The quantitative estimate of drug-likeness (QED) is 0.874. The van der Waals surface area contributed by atoms with Gasteiger partial charge in [0.25, 0.3) is 0 Å². The van der Waals surface area contributed by atoms with E-state index in [9.17, 15) is 9.90 Å². The molecular formula is C19H28N2O2. The van der Waals surface area contributed by atoms with Crippen molar-refractivity contribution in [2.75, 3.05) is 26.2 Å². The maximum atomic E-state index is 12.3. The number of nitrogens with zero attached hydrogens (tertiary/aromatic N) is 1. The fourth-order valence-electron chi connectivity index (χ4n) is 3.80. The topological polar surface area (TPSA) is 52.6 Å². The molecule has 23 heavy (non-hydrogen) atoms. The number of aliphatic hydroxyl groups excluding tert-OH is 1. The number of nitrogens with one attached hydrogen (secondary N) is 1. The van der Waals surface area contributed by atoms with Gasteiger partial charge in [0.15, 0.2) is 0 Å². The predicted octanol–water partition coefficient (Wildman–Crippen LogP) is 2.06. The highest BCUT2D eigenvalue weighted by Gasteiger charge is 2.24. The molecule has 0 aromatic heterocycles. The molecule has 0 saturated carbocycles. The number of benzene rings is 1. The van der Waals surface area contributed by atoms with Crippen molar-refractivity contribution in [3.63, 3.8) is 0 Å². The monoisotopic (exact) mass is 316 g/mol. The van der Waals surface area contributed by atoms with Crippen LogP contribution in [0.2, 0.25) is 0 Å². The number of carbonyl (C=O) groups is 1. The number of amides is 1. The first-order chi connectivity index (χ1) is 11.2. The van der Waals surface area contributed by atoms with Gasteiger partial charge in [-0.05, 0) is 68.2 Å². The number of fused-ring (bicyclic) bond motifs is 1. The van der Waals surface area contributed by atoms with Crippen LogP contribution >= 0.6 is 0 Å². The molecular weight excluding hydrogens is 288 g/mol. The summed E-state index contributed by atoms with van der Waals surface area (Å²) >= 11 is 0. The van der Waals surface area contributed by atoms with Gasteiger partial charge in [0.1, 0.15) is 0 Å². The number of hydrogen-bond acceptors (Lipinski definition) is 3. The summed E-state index contributed by atoms with van der Waals surface area (Å²) in [4.78, 5) is 14.4. The zero-order valence-electron chi connectivity index (χ0n) is 14.1. The SMILES string of the molecule is CC(NC(=O)CN1CCC(CO)C1)c1ccc2c(c1)CCCC2. The Morgan fingerprint density at radius 3 is 2.87 bits per heavy atom. The van der Waals surface area contributed by atoms with Crippen LogP contribution in [0.25, 0.3) is 0 Å². The highest BCUT2D eigenvalue weighted by Crippen LogP contribution is 2.24. The van der Waals surface area contributed by atoms with Crippen LogP contribution < -0.4 is 5.32 Å². The van der Waals surface area contributed by atoms with Crippen LogP contribution in [0.5, 0.6) is 0 Å². The first kappa shape index (κ1) is 16.5. The zero-order chi connectivity index (χ0) is 16.2. The molecule has 2 aliphatic rings. The summed E-state index contributed by atoms with van der Waals surface area (Å²) in [5.41, 5.74) is 4.14. The van der Waals surface area contributed by atoms with Crippen molar-refractivity contribution in [1.29, 1.82) is 0 Å². The lowest BCUT2D eigenvalue weighted by Gasteiger charge is -2.21. The number of likely N-dealkylation sites (tertiary alicyclic amines) is 1. The number of carbonyl (C=O) groups excluding carboxylic acids is 1. The molecule has 1 saturated heterocycles. The molecule has 126 valence electrons. The molecule has 4 nitrogen and oxygen atoms in total. The van der Waals surface area contributed by atoms with Crippen molar-refractivity contribution in [2.45, 2.75) is 45.1 Å². The molecule has 1 amide bonds. The highest BCUT2D eigenvalue weighted by atomic mass is 16.3. The van der Waals surface area contributed by atoms with E-state index < -0.39 is 0 Å². The van der Waals surface area contributed by atoms with Crippen LogP contribution in [0.3, 0.4) is 0 Å². The fraction of sp³-hybridized carbons (Fsp3) is 0.632. The molecule has 4 heteroatoms. The first-order valence-electron chi connectivity index (χ1n) is 8.90. The number of rotatable bonds is 5. The summed E-state index contributed by atoms with van der Waals surface area (Å²) in [5.74, 6) is 0.412. The highest BCUT2D eigenvalue weighted by molar-refractivity contribution is 5.78. The van der Waals surface area contributed by atoms with E-state index in [-0.39, 0.29) is 18.6 Å². The summed E-state index contributed by atoms with van der Waals surface area (Å²) in [6, 6.07) is 6.72. The molecule has 1 fully saturated rings. The Morgan fingerprint density at radius 2 is 2.13 bits per heavy atom. The number of aliphatic hydroxyl groups is 1. The molecule has 3 rings (SSSR count). The minimum Gasteiger partial charge on any atom is -0.396 e. The minimum atomic E-state index is 0.0472. The molecule has 0 radical (unpaired) electrons. The normalized spacial score (nSPS) is 22.6. The fourth-order valence-corrected chi connectivity index (χ4v) is 3.80. The van der Waals surface area contributed by atoms with E-state index in [0.29, 0.717) is 12.5 Å². The van der Waals surface area contributed by atoms with Crippen LogP contribution in [0.15, 0.2) is 18.2 Å². The molecule has 2 unspecified atom stereocenters. The molecule has 1 heterocycles. The Balaban J connectivity index is 1.54. The van der Waals surface area contributed by atoms with Crippen molar-refractivity contribution in [3.8, 4) is 0 Å². The average Bonchev–Trinajstić information content (AvgIpc) is 3.01. The summed E-state index contributed by atoms with van der Waals surface area (Å²) in [6.45, 7) is 4.46. The Bertz CT molecular complexity index is 558. The Kier molecular flexibility index (Phi) is 5.34. The molecule has 2 N–H and O–H groups in total. The van der Waals surface area contributed by atoms with Gasteiger partial charge in [0.2, 0.25) is 5.91 Å². The van der Waals surface area contributed by atoms with Gasteiger partial charge in [0.05, 0.1) is 12.6 Å². The minimum absolute atomic E-state index is 0.0472. The maximum Gasteiger partial charge on any atom is 0.234 e. The van der Waals surface area contributed by atoms with Gasteiger partial charge in [-0.2, -0.15) is 0 Å². The Morgan fingerprint density at radius 1 is 1.35 bits per heavy atom. The van der Waals surface area contributed by atoms with Crippen LogP contribution in [-0.2, 0) is 17.6 Å². The Labute approximate surface area is 138 Å². The van der Waals surface area contributed by atoms with Gasteiger partial charge in [-0.1, -0.05) is 18.2 Å². The van der Waals surface area contributed by atoms with Crippen molar-refractivity contribution in [2.24, 2.45) is 5.92 Å². The number of aryl methyl sites for hydroxylation is 2. The van der Waals surface area contributed by atoms with E-state index in [4.69, 9.17) is 0 Å². The van der Waals surface area contributed by atoms with E-state index in [1.54, 1.807) is 0 Å². The van der Waals surface area contributed by atoms with Gasteiger partial charge >= 0.3 is 0 Å². The van der Waals surface area contributed by atoms with Crippen LogP contribution in [-0.4, -0.2) is 42.2 Å². The van der Waals surface area contributed by atoms with Gasteiger partial charge < -0.3 is 10.4 Å². The Hall–Kier alpha value is -1.39. The van der Waals surface area contributed by atoms with Crippen molar-refractivity contribution in [1.82, 2.24) is 10.2 Å². The third-order valence-corrected chi connectivity index (χ3v) is 5.25. The van der Waals surface area contributed by atoms with Gasteiger partial charge in [-0.15, -0.1) is 0 Å². The van der Waals surface area contributed by atoms with Gasteiger partial charge in [0, 0.05) is 13.2 Å². The molecule has 1 aromatic rings. The molecule has 0 bridgehead atoms. The summed E-state index contributed by atoms with van der Waals surface area (Å²) < 4.78 is 0. The van der Waals surface area contributed by atoms with E-state index in [2.05, 4.69) is 35.3 Å². The van der Waals surface area contributed by atoms with Gasteiger partial charge in [-0.25, -0.2) is 0 Å². The first-order valence-corrected chi connectivity index (χ1v) is 8.90. The smallest absolute Gasteiger partial charge is 0.234 e. The average molecular weight is 316 g/mol. The van der Waals surface area contributed by atoms with Crippen LogP contribution in [0.4, 0.5) is 0 Å².